The number of H-pyrrole nitrogens is 1. The molecule has 1 atom stereocenters. The van der Waals surface area contributed by atoms with Gasteiger partial charge in [-0.1, -0.05) is 0 Å². The summed E-state index contributed by atoms with van der Waals surface area (Å²) in [6.07, 6.45) is 6.66. The molecular weight excluding hydrogens is 332 g/mol. The van der Waals surface area contributed by atoms with Crippen LogP contribution in [0.5, 0.6) is 0 Å². The summed E-state index contributed by atoms with van der Waals surface area (Å²) in [7, 11) is 0. The van der Waals surface area contributed by atoms with Gasteiger partial charge in [-0.2, -0.15) is 16.4 Å². The molecule has 2 aliphatic carbocycles. The number of nitrogens with zero attached hydrogens (tertiary/aromatic N) is 2. The standard InChI is InChI=1S/C19H24N4OS/c24-18(17-14-2-1-3-15(14)21-22-17)23(11-13-4-9-25-12-13)16-10-19(16)5-7-20-8-6-19/h4,9,12,16,20H,1-3,5-8,10-11H2,(H,21,22). The number of amides is 1. The molecule has 0 aromatic carbocycles. The second-order valence-electron chi connectivity index (χ2n) is 7.78. The van der Waals surface area contributed by atoms with Gasteiger partial charge in [0.1, 0.15) is 0 Å². The molecule has 1 saturated carbocycles. The predicted octanol–water partition coefficient (Wildman–Crippen LogP) is 2.74. The Labute approximate surface area is 151 Å². The average molecular weight is 356 g/mol. The molecular formula is C19H24N4OS. The lowest BCUT2D eigenvalue weighted by atomic mass is 9.93. The second kappa shape index (κ2) is 5.95. The molecule has 1 amide bonds. The minimum absolute atomic E-state index is 0.131. The van der Waals surface area contributed by atoms with E-state index in [0.717, 1.165) is 38.8 Å². The van der Waals surface area contributed by atoms with Crippen molar-refractivity contribution in [3.05, 3.63) is 39.3 Å². The molecule has 1 unspecified atom stereocenters. The fraction of sp³-hybridized carbons (Fsp3) is 0.579. The predicted molar refractivity (Wildman–Crippen MR) is 97.7 cm³/mol. The van der Waals surface area contributed by atoms with Crippen molar-refractivity contribution >= 4 is 17.2 Å². The zero-order chi connectivity index (χ0) is 16.9. The quantitative estimate of drug-likeness (QED) is 0.885. The van der Waals surface area contributed by atoms with Crippen molar-refractivity contribution in [2.75, 3.05) is 13.1 Å². The number of hydrogen-bond acceptors (Lipinski definition) is 4. The Morgan fingerprint density at radius 2 is 2.24 bits per heavy atom. The minimum atomic E-state index is 0.131. The summed E-state index contributed by atoms with van der Waals surface area (Å²) in [6.45, 7) is 2.87. The molecule has 3 heterocycles. The molecule has 2 fully saturated rings. The van der Waals surface area contributed by atoms with Crippen molar-refractivity contribution in [2.24, 2.45) is 5.41 Å². The molecule has 5 nitrogen and oxygen atoms in total. The molecule has 1 aliphatic heterocycles. The van der Waals surface area contributed by atoms with Crippen LogP contribution in [-0.4, -0.2) is 40.1 Å². The SMILES string of the molecule is O=C(c1n[nH]c2c1CCC2)N(Cc1ccsc1)C1CC12CCNCC2. The molecule has 2 aromatic heterocycles. The fourth-order valence-corrected chi connectivity index (χ4v) is 5.42. The summed E-state index contributed by atoms with van der Waals surface area (Å²) in [5.41, 5.74) is 4.60. The summed E-state index contributed by atoms with van der Waals surface area (Å²) in [6, 6.07) is 2.51. The van der Waals surface area contributed by atoms with Crippen molar-refractivity contribution in [2.45, 2.75) is 51.1 Å². The van der Waals surface area contributed by atoms with Gasteiger partial charge in [-0.15, -0.1) is 0 Å². The smallest absolute Gasteiger partial charge is 0.275 e. The van der Waals surface area contributed by atoms with Crippen molar-refractivity contribution in [3.63, 3.8) is 0 Å². The third kappa shape index (κ3) is 2.62. The fourth-order valence-electron chi connectivity index (χ4n) is 4.76. The maximum absolute atomic E-state index is 13.4. The maximum Gasteiger partial charge on any atom is 0.275 e. The van der Waals surface area contributed by atoms with Crippen LogP contribution >= 0.6 is 11.3 Å². The van der Waals surface area contributed by atoms with Crippen LogP contribution in [0.2, 0.25) is 0 Å². The highest BCUT2D eigenvalue weighted by Crippen LogP contribution is 2.56. The van der Waals surface area contributed by atoms with Gasteiger partial charge in [0.25, 0.3) is 5.91 Å². The summed E-state index contributed by atoms with van der Waals surface area (Å²) < 4.78 is 0. The number of aryl methyl sites for hydroxylation is 1. The number of nitrogens with one attached hydrogen (secondary N) is 2. The highest BCUT2D eigenvalue weighted by molar-refractivity contribution is 7.07. The van der Waals surface area contributed by atoms with E-state index in [0.29, 0.717) is 23.7 Å². The summed E-state index contributed by atoms with van der Waals surface area (Å²) in [4.78, 5) is 15.6. The van der Waals surface area contributed by atoms with Gasteiger partial charge in [0.15, 0.2) is 5.69 Å². The minimum Gasteiger partial charge on any atom is -0.329 e. The summed E-state index contributed by atoms with van der Waals surface area (Å²) in [5.74, 6) is 0.131. The van der Waals surface area contributed by atoms with Gasteiger partial charge < -0.3 is 10.2 Å². The number of carbonyl (C=O) groups excluding carboxylic acids is 1. The van der Waals surface area contributed by atoms with E-state index in [1.165, 1.54) is 29.7 Å². The number of piperidine rings is 1. The van der Waals surface area contributed by atoms with E-state index in [4.69, 9.17) is 0 Å². The zero-order valence-electron chi connectivity index (χ0n) is 14.4. The molecule has 2 N–H and O–H groups in total. The molecule has 2 aromatic rings. The Morgan fingerprint density at radius 1 is 1.36 bits per heavy atom. The number of aromatic amines is 1. The first-order valence-electron chi connectivity index (χ1n) is 9.36. The van der Waals surface area contributed by atoms with Crippen molar-refractivity contribution in [1.29, 1.82) is 0 Å². The van der Waals surface area contributed by atoms with Gasteiger partial charge >= 0.3 is 0 Å². The van der Waals surface area contributed by atoms with Crippen LogP contribution in [0.15, 0.2) is 16.8 Å². The Kier molecular flexibility index (Phi) is 3.71. The van der Waals surface area contributed by atoms with Crippen molar-refractivity contribution < 1.29 is 4.79 Å². The van der Waals surface area contributed by atoms with Crippen LogP contribution in [0.25, 0.3) is 0 Å². The van der Waals surface area contributed by atoms with Crippen LogP contribution in [0.1, 0.15) is 53.0 Å². The Hall–Kier alpha value is -1.66. The highest BCUT2D eigenvalue weighted by atomic mass is 32.1. The lowest BCUT2D eigenvalue weighted by molar-refractivity contribution is 0.0685. The molecule has 0 bridgehead atoms. The van der Waals surface area contributed by atoms with Crippen LogP contribution in [-0.2, 0) is 19.4 Å². The molecule has 6 heteroatoms. The van der Waals surface area contributed by atoms with Crippen LogP contribution in [0, 0.1) is 5.41 Å². The molecule has 25 heavy (non-hydrogen) atoms. The van der Waals surface area contributed by atoms with E-state index in [9.17, 15) is 4.79 Å². The number of fused-ring (bicyclic) bond motifs is 1. The van der Waals surface area contributed by atoms with Gasteiger partial charge in [-0.3, -0.25) is 9.89 Å². The van der Waals surface area contributed by atoms with Crippen LogP contribution < -0.4 is 5.32 Å². The van der Waals surface area contributed by atoms with Gasteiger partial charge in [0, 0.05) is 23.8 Å². The van der Waals surface area contributed by atoms with E-state index in [2.05, 4.69) is 37.2 Å². The first kappa shape index (κ1) is 15.6. The number of carbonyl (C=O) groups is 1. The molecule has 3 aliphatic rings. The lowest BCUT2D eigenvalue weighted by Gasteiger charge is -2.29. The molecule has 1 spiro atoms. The number of thiophene rings is 1. The summed E-state index contributed by atoms with van der Waals surface area (Å²) in [5, 5.41) is 15.2. The van der Waals surface area contributed by atoms with E-state index >= 15 is 0 Å². The monoisotopic (exact) mass is 356 g/mol. The van der Waals surface area contributed by atoms with Crippen molar-refractivity contribution in [3.8, 4) is 0 Å². The third-order valence-electron chi connectivity index (χ3n) is 6.32. The molecule has 5 rings (SSSR count). The first-order chi connectivity index (χ1) is 12.3. The number of hydrogen-bond donors (Lipinski definition) is 2. The molecule has 0 radical (unpaired) electrons. The van der Waals surface area contributed by atoms with E-state index in [1.807, 2.05) is 0 Å². The van der Waals surface area contributed by atoms with Crippen LogP contribution in [0.4, 0.5) is 0 Å². The Bertz CT molecular complexity index is 775. The zero-order valence-corrected chi connectivity index (χ0v) is 15.2. The normalized spacial score (nSPS) is 23.6. The topological polar surface area (TPSA) is 61.0 Å². The average Bonchev–Trinajstić information content (AvgIpc) is 3.10. The van der Waals surface area contributed by atoms with Gasteiger partial charge in [-0.05, 0) is 79.4 Å². The van der Waals surface area contributed by atoms with E-state index in [1.54, 1.807) is 11.3 Å². The maximum atomic E-state index is 13.4. The largest absolute Gasteiger partial charge is 0.329 e. The Morgan fingerprint density at radius 3 is 3.04 bits per heavy atom. The third-order valence-corrected chi connectivity index (χ3v) is 7.06. The van der Waals surface area contributed by atoms with E-state index < -0.39 is 0 Å². The van der Waals surface area contributed by atoms with E-state index in [-0.39, 0.29) is 5.91 Å². The number of aromatic nitrogens is 2. The first-order valence-corrected chi connectivity index (χ1v) is 10.3. The molecule has 1 saturated heterocycles. The van der Waals surface area contributed by atoms with Crippen molar-refractivity contribution in [1.82, 2.24) is 20.4 Å². The Balaban J connectivity index is 1.44. The van der Waals surface area contributed by atoms with Crippen LogP contribution in [0.3, 0.4) is 0 Å². The number of rotatable bonds is 4. The van der Waals surface area contributed by atoms with Gasteiger partial charge in [0.05, 0.1) is 0 Å². The summed E-state index contributed by atoms with van der Waals surface area (Å²) >= 11 is 1.70. The highest BCUT2D eigenvalue weighted by Gasteiger charge is 2.58. The lowest BCUT2D eigenvalue weighted by Crippen LogP contribution is -2.39. The molecule has 132 valence electrons. The van der Waals surface area contributed by atoms with Gasteiger partial charge in [0.2, 0.25) is 0 Å². The second-order valence-corrected chi connectivity index (χ2v) is 8.56. The van der Waals surface area contributed by atoms with Gasteiger partial charge in [-0.25, -0.2) is 0 Å².